The maximum atomic E-state index is 11.0. The number of nitrogens with zero attached hydrogens (tertiary/aromatic N) is 2. The van der Waals surface area contributed by atoms with Gasteiger partial charge in [0.15, 0.2) is 0 Å². The van der Waals surface area contributed by atoms with Gasteiger partial charge in [-0.1, -0.05) is 11.6 Å². The van der Waals surface area contributed by atoms with Gasteiger partial charge in [-0.05, 0) is 24.8 Å². The van der Waals surface area contributed by atoms with Gasteiger partial charge in [0.1, 0.15) is 5.82 Å². The minimum atomic E-state index is -1.04. The second-order valence-electron chi connectivity index (χ2n) is 4.76. The molecule has 1 aromatic rings. The lowest BCUT2D eigenvalue weighted by atomic mass is 10.0. The van der Waals surface area contributed by atoms with E-state index in [-0.39, 0.29) is 10.6 Å². The number of aromatic carboxylic acids is 1. The number of hydrogen-bond donors (Lipinski definition) is 1. The van der Waals surface area contributed by atoms with E-state index >= 15 is 0 Å². The molecular weight excluding hydrogens is 268 g/mol. The fourth-order valence-corrected chi connectivity index (χ4v) is 2.63. The van der Waals surface area contributed by atoms with E-state index in [1.165, 1.54) is 12.3 Å². The number of pyridine rings is 1. The topological polar surface area (TPSA) is 62.7 Å². The molecule has 1 aromatic heterocycles. The van der Waals surface area contributed by atoms with E-state index in [2.05, 4.69) is 4.98 Å². The first kappa shape index (κ1) is 14.1. The van der Waals surface area contributed by atoms with Gasteiger partial charge in [-0.15, -0.1) is 0 Å². The first-order valence-electron chi connectivity index (χ1n) is 6.26. The van der Waals surface area contributed by atoms with Gasteiger partial charge in [0.05, 0.1) is 17.2 Å². The van der Waals surface area contributed by atoms with Crippen LogP contribution in [0, 0.1) is 5.92 Å². The van der Waals surface area contributed by atoms with Crippen LogP contribution in [0.1, 0.15) is 23.2 Å². The molecule has 19 heavy (non-hydrogen) atoms. The molecule has 0 saturated carbocycles. The zero-order chi connectivity index (χ0) is 13.8. The van der Waals surface area contributed by atoms with Crippen molar-refractivity contribution in [2.24, 2.45) is 5.92 Å². The van der Waals surface area contributed by atoms with Gasteiger partial charge in [-0.3, -0.25) is 0 Å². The van der Waals surface area contributed by atoms with Crippen LogP contribution in [0.3, 0.4) is 0 Å². The van der Waals surface area contributed by atoms with Crippen molar-refractivity contribution in [3.05, 3.63) is 22.8 Å². The fourth-order valence-electron chi connectivity index (χ4n) is 2.29. The van der Waals surface area contributed by atoms with E-state index in [9.17, 15) is 4.79 Å². The predicted molar refractivity (Wildman–Crippen MR) is 73.0 cm³/mol. The molecule has 0 amide bonds. The molecule has 5 nitrogen and oxygen atoms in total. The Morgan fingerprint density at radius 2 is 2.47 bits per heavy atom. The molecule has 2 rings (SSSR count). The van der Waals surface area contributed by atoms with Crippen molar-refractivity contribution in [3.8, 4) is 0 Å². The molecule has 0 bridgehead atoms. The molecule has 1 aliphatic heterocycles. The average Bonchev–Trinajstić information content (AvgIpc) is 2.39. The van der Waals surface area contributed by atoms with Crippen LogP contribution >= 0.6 is 11.6 Å². The number of aromatic nitrogens is 1. The van der Waals surface area contributed by atoms with Gasteiger partial charge < -0.3 is 14.7 Å². The first-order valence-corrected chi connectivity index (χ1v) is 6.64. The highest BCUT2D eigenvalue weighted by Gasteiger charge is 2.20. The summed E-state index contributed by atoms with van der Waals surface area (Å²) >= 11 is 6.10. The number of carbonyl (C=O) groups is 1. The molecule has 6 heteroatoms. The molecule has 0 spiro atoms. The van der Waals surface area contributed by atoms with Crippen LogP contribution in [0.5, 0.6) is 0 Å². The number of rotatable bonds is 4. The Kier molecular flexibility index (Phi) is 4.61. The molecule has 0 radical (unpaired) electrons. The molecule has 1 saturated heterocycles. The van der Waals surface area contributed by atoms with E-state index in [1.54, 1.807) is 0 Å². The van der Waals surface area contributed by atoms with Crippen molar-refractivity contribution in [1.82, 2.24) is 4.98 Å². The van der Waals surface area contributed by atoms with Crippen LogP contribution < -0.4 is 4.90 Å². The Hall–Kier alpha value is -1.33. The predicted octanol–water partition coefficient (Wildman–Crippen LogP) is 2.30. The molecule has 2 heterocycles. The van der Waals surface area contributed by atoms with Crippen LogP contribution in [0.15, 0.2) is 12.3 Å². The Morgan fingerprint density at radius 3 is 3.11 bits per heavy atom. The standard InChI is InChI=1S/C13H17ClN2O3/c1-16(7-9-3-2-6-19-8-9)12-11(14)10(13(17)18)4-5-15-12/h4-5,9H,2-3,6-8H2,1H3,(H,17,18). The monoisotopic (exact) mass is 284 g/mol. The Balaban J connectivity index is 2.12. The van der Waals surface area contributed by atoms with E-state index < -0.39 is 5.97 Å². The zero-order valence-electron chi connectivity index (χ0n) is 10.8. The minimum absolute atomic E-state index is 0.0819. The van der Waals surface area contributed by atoms with Gasteiger partial charge >= 0.3 is 5.97 Å². The molecule has 1 aliphatic rings. The van der Waals surface area contributed by atoms with E-state index in [0.717, 1.165) is 32.6 Å². The second-order valence-corrected chi connectivity index (χ2v) is 5.14. The Bertz CT molecular complexity index is 461. The fraction of sp³-hybridized carbons (Fsp3) is 0.538. The summed E-state index contributed by atoms with van der Waals surface area (Å²) in [6, 6.07) is 1.41. The summed E-state index contributed by atoms with van der Waals surface area (Å²) in [7, 11) is 1.87. The van der Waals surface area contributed by atoms with Crippen LogP contribution in [0.4, 0.5) is 5.82 Å². The van der Waals surface area contributed by atoms with Gasteiger partial charge in [0.2, 0.25) is 0 Å². The molecule has 0 aliphatic carbocycles. The molecule has 1 N–H and O–H groups in total. The smallest absolute Gasteiger partial charge is 0.337 e. The van der Waals surface area contributed by atoms with Crippen molar-refractivity contribution in [2.45, 2.75) is 12.8 Å². The number of carboxylic acid groups (broad SMARTS) is 1. The average molecular weight is 285 g/mol. The number of carboxylic acids is 1. The van der Waals surface area contributed by atoms with Gasteiger partial charge in [-0.2, -0.15) is 0 Å². The third-order valence-corrected chi connectivity index (χ3v) is 3.62. The molecule has 0 aromatic carbocycles. The second kappa shape index (κ2) is 6.21. The quantitative estimate of drug-likeness (QED) is 0.919. The summed E-state index contributed by atoms with van der Waals surface area (Å²) in [4.78, 5) is 17.1. The van der Waals surface area contributed by atoms with Crippen molar-refractivity contribution in [3.63, 3.8) is 0 Å². The van der Waals surface area contributed by atoms with Crippen LogP contribution in [0.2, 0.25) is 5.02 Å². The summed E-state index contributed by atoms with van der Waals surface area (Å²) in [5.74, 6) is -0.0970. The van der Waals surface area contributed by atoms with E-state index in [0.29, 0.717) is 11.7 Å². The number of anilines is 1. The number of ether oxygens (including phenoxy) is 1. The van der Waals surface area contributed by atoms with Crippen molar-refractivity contribution in [2.75, 3.05) is 31.7 Å². The van der Waals surface area contributed by atoms with Crippen LogP contribution in [-0.2, 0) is 4.74 Å². The normalized spacial score (nSPS) is 19.2. The maximum Gasteiger partial charge on any atom is 0.337 e. The van der Waals surface area contributed by atoms with Crippen molar-refractivity contribution < 1.29 is 14.6 Å². The minimum Gasteiger partial charge on any atom is -0.478 e. The van der Waals surface area contributed by atoms with Crippen LogP contribution in [-0.4, -0.2) is 42.9 Å². The molecule has 1 atom stereocenters. The third-order valence-electron chi connectivity index (χ3n) is 3.25. The highest BCUT2D eigenvalue weighted by molar-refractivity contribution is 6.35. The lowest BCUT2D eigenvalue weighted by molar-refractivity contribution is 0.0576. The lowest BCUT2D eigenvalue weighted by Gasteiger charge is -2.28. The summed E-state index contributed by atoms with van der Waals surface area (Å²) in [6.45, 7) is 2.32. The van der Waals surface area contributed by atoms with Crippen molar-refractivity contribution in [1.29, 1.82) is 0 Å². The summed E-state index contributed by atoms with van der Waals surface area (Å²) < 4.78 is 5.44. The Labute approximate surface area is 117 Å². The van der Waals surface area contributed by atoms with Gasteiger partial charge in [0, 0.05) is 26.4 Å². The third kappa shape index (κ3) is 3.36. The lowest BCUT2D eigenvalue weighted by Crippen LogP contribution is -2.31. The molecule has 104 valence electrons. The largest absolute Gasteiger partial charge is 0.478 e. The highest BCUT2D eigenvalue weighted by Crippen LogP contribution is 2.27. The van der Waals surface area contributed by atoms with Crippen LogP contribution in [0.25, 0.3) is 0 Å². The molecule has 1 fully saturated rings. The summed E-state index contributed by atoms with van der Waals surface area (Å²) in [5.41, 5.74) is 0.0819. The maximum absolute atomic E-state index is 11.0. The molecule has 1 unspecified atom stereocenters. The highest BCUT2D eigenvalue weighted by atomic mass is 35.5. The summed E-state index contributed by atoms with van der Waals surface area (Å²) in [5, 5.41) is 9.23. The Morgan fingerprint density at radius 1 is 1.68 bits per heavy atom. The SMILES string of the molecule is CN(CC1CCCOC1)c1nccc(C(=O)O)c1Cl. The number of hydrogen-bond acceptors (Lipinski definition) is 4. The zero-order valence-corrected chi connectivity index (χ0v) is 11.6. The summed E-state index contributed by atoms with van der Waals surface area (Å²) in [6.07, 6.45) is 3.65. The van der Waals surface area contributed by atoms with E-state index in [4.69, 9.17) is 21.4 Å². The van der Waals surface area contributed by atoms with Gasteiger partial charge in [0.25, 0.3) is 0 Å². The van der Waals surface area contributed by atoms with Gasteiger partial charge in [-0.25, -0.2) is 9.78 Å². The molecular formula is C13H17ClN2O3. The van der Waals surface area contributed by atoms with E-state index in [1.807, 2.05) is 11.9 Å². The number of halogens is 1. The first-order chi connectivity index (χ1) is 9.09. The van der Waals surface area contributed by atoms with Crippen molar-refractivity contribution >= 4 is 23.4 Å².